The minimum Gasteiger partial charge on any atom is -0.357 e. The molecule has 2 N–H and O–H groups in total. The van der Waals surface area contributed by atoms with E-state index in [9.17, 15) is 0 Å². The summed E-state index contributed by atoms with van der Waals surface area (Å²) in [4.78, 5) is 10.3. The van der Waals surface area contributed by atoms with Gasteiger partial charge in [0.15, 0.2) is 5.96 Å². The quantitative estimate of drug-likeness (QED) is 0.377. The molecule has 0 amide bonds. The van der Waals surface area contributed by atoms with Gasteiger partial charge >= 0.3 is 0 Å². The monoisotopic (exact) mass is 470 g/mol. The van der Waals surface area contributed by atoms with Gasteiger partial charge in [-0.2, -0.15) is 0 Å². The van der Waals surface area contributed by atoms with Crippen LogP contribution >= 0.6 is 35.3 Å². The van der Waals surface area contributed by atoms with Crippen LogP contribution in [-0.4, -0.2) is 24.0 Å². The molecule has 0 aliphatic heterocycles. The SMILES string of the molecule is CCNC(=NCc1scnc1C)NCC1(c2ccccc2)CCC1.I. The van der Waals surface area contributed by atoms with E-state index >= 15 is 0 Å². The number of hydrogen-bond donors (Lipinski definition) is 2. The van der Waals surface area contributed by atoms with Crippen molar-refractivity contribution < 1.29 is 0 Å². The van der Waals surface area contributed by atoms with Crippen LogP contribution in [-0.2, 0) is 12.0 Å². The van der Waals surface area contributed by atoms with Crippen LogP contribution in [0, 0.1) is 6.92 Å². The number of rotatable bonds is 6. The molecule has 1 heterocycles. The van der Waals surface area contributed by atoms with E-state index in [0.717, 1.165) is 24.7 Å². The fourth-order valence-electron chi connectivity index (χ4n) is 3.19. The summed E-state index contributed by atoms with van der Waals surface area (Å²) in [6.45, 7) is 6.63. The van der Waals surface area contributed by atoms with Crippen molar-refractivity contribution >= 4 is 41.3 Å². The van der Waals surface area contributed by atoms with E-state index in [0.29, 0.717) is 6.54 Å². The predicted octanol–water partition coefficient (Wildman–Crippen LogP) is 4.25. The van der Waals surface area contributed by atoms with Crippen molar-refractivity contribution in [1.82, 2.24) is 15.6 Å². The second-order valence-electron chi connectivity index (χ2n) is 6.41. The molecule has 1 aromatic heterocycles. The van der Waals surface area contributed by atoms with E-state index in [4.69, 9.17) is 4.99 Å². The lowest BCUT2D eigenvalue weighted by atomic mass is 9.64. The first kappa shape index (κ1) is 20.2. The molecule has 4 nitrogen and oxygen atoms in total. The molecule has 0 bridgehead atoms. The van der Waals surface area contributed by atoms with Gasteiger partial charge in [0.1, 0.15) is 0 Å². The van der Waals surface area contributed by atoms with Crippen molar-refractivity contribution in [3.63, 3.8) is 0 Å². The third-order valence-corrected chi connectivity index (χ3v) is 5.78. The van der Waals surface area contributed by atoms with Crippen molar-refractivity contribution in [3.05, 3.63) is 52.0 Å². The van der Waals surface area contributed by atoms with Crippen LogP contribution in [0.1, 0.15) is 42.3 Å². The topological polar surface area (TPSA) is 49.3 Å². The molecule has 1 aromatic carbocycles. The Morgan fingerprint density at radius 1 is 1.24 bits per heavy atom. The minimum absolute atomic E-state index is 0. The Hall–Kier alpha value is -1.15. The van der Waals surface area contributed by atoms with Gasteiger partial charge in [-0.05, 0) is 32.3 Å². The Labute approximate surface area is 171 Å². The van der Waals surface area contributed by atoms with Crippen molar-refractivity contribution in [2.45, 2.75) is 45.1 Å². The zero-order valence-corrected chi connectivity index (χ0v) is 18.1. The minimum atomic E-state index is 0. The van der Waals surface area contributed by atoms with E-state index in [2.05, 4.69) is 52.9 Å². The second-order valence-corrected chi connectivity index (χ2v) is 7.35. The van der Waals surface area contributed by atoms with E-state index in [1.165, 1.54) is 29.7 Å². The van der Waals surface area contributed by atoms with Gasteiger partial charge in [0.05, 0.1) is 17.7 Å². The molecular formula is C19H27IN4S. The maximum atomic E-state index is 4.74. The highest BCUT2D eigenvalue weighted by Gasteiger charge is 2.38. The van der Waals surface area contributed by atoms with Crippen LogP contribution in [0.5, 0.6) is 0 Å². The smallest absolute Gasteiger partial charge is 0.191 e. The molecule has 1 aliphatic carbocycles. The van der Waals surface area contributed by atoms with Gasteiger partial charge < -0.3 is 10.6 Å². The van der Waals surface area contributed by atoms with Crippen LogP contribution in [0.25, 0.3) is 0 Å². The molecule has 1 aliphatic rings. The van der Waals surface area contributed by atoms with Gasteiger partial charge in [-0.25, -0.2) is 9.98 Å². The number of halogens is 1. The Kier molecular flexibility index (Phi) is 7.68. The van der Waals surface area contributed by atoms with Gasteiger partial charge in [-0.15, -0.1) is 35.3 Å². The van der Waals surface area contributed by atoms with Gasteiger partial charge in [-0.1, -0.05) is 36.8 Å². The molecular weight excluding hydrogens is 443 g/mol. The average Bonchev–Trinajstić information content (AvgIpc) is 2.97. The number of aliphatic imine (C=N–C) groups is 1. The zero-order chi connectivity index (χ0) is 16.8. The highest BCUT2D eigenvalue weighted by atomic mass is 127. The van der Waals surface area contributed by atoms with Crippen molar-refractivity contribution in [1.29, 1.82) is 0 Å². The summed E-state index contributed by atoms with van der Waals surface area (Å²) in [6.07, 6.45) is 3.80. The first-order valence-electron chi connectivity index (χ1n) is 8.70. The van der Waals surface area contributed by atoms with Crippen LogP contribution in [0.2, 0.25) is 0 Å². The number of hydrogen-bond acceptors (Lipinski definition) is 3. The number of aryl methyl sites for hydroxylation is 1. The molecule has 136 valence electrons. The first-order valence-corrected chi connectivity index (χ1v) is 9.58. The number of nitrogens with zero attached hydrogens (tertiary/aromatic N) is 2. The zero-order valence-electron chi connectivity index (χ0n) is 14.9. The Morgan fingerprint density at radius 3 is 2.56 bits per heavy atom. The maximum Gasteiger partial charge on any atom is 0.191 e. The summed E-state index contributed by atoms with van der Waals surface area (Å²) in [7, 11) is 0. The lowest BCUT2D eigenvalue weighted by Gasteiger charge is -2.43. The van der Waals surface area contributed by atoms with Crippen LogP contribution in [0.3, 0.4) is 0 Å². The molecule has 2 aromatic rings. The van der Waals surface area contributed by atoms with Crippen LogP contribution in [0.15, 0.2) is 40.8 Å². The fraction of sp³-hybridized carbons (Fsp3) is 0.474. The molecule has 1 fully saturated rings. The van der Waals surface area contributed by atoms with Gasteiger partial charge in [0.2, 0.25) is 0 Å². The number of guanidine groups is 1. The normalized spacial score (nSPS) is 15.8. The molecule has 0 spiro atoms. The summed E-state index contributed by atoms with van der Waals surface area (Å²) in [5, 5.41) is 6.93. The second kappa shape index (κ2) is 9.52. The summed E-state index contributed by atoms with van der Waals surface area (Å²) in [5.41, 5.74) is 4.68. The number of nitrogens with one attached hydrogen (secondary N) is 2. The summed E-state index contributed by atoms with van der Waals surface area (Å²) in [6, 6.07) is 10.9. The molecule has 25 heavy (non-hydrogen) atoms. The van der Waals surface area contributed by atoms with Crippen LogP contribution < -0.4 is 10.6 Å². The van der Waals surface area contributed by atoms with Gasteiger partial charge in [0.25, 0.3) is 0 Å². The average molecular weight is 470 g/mol. The van der Waals surface area contributed by atoms with E-state index < -0.39 is 0 Å². The lowest BCUT2D eigenvalue weighted by molar-refractivity contribution is 0.244. The van der Waals surface area contributed by atoms with Crippen molar-refractivity contribution in [3.8, 4) is 0 Å². The molecule has 6 heteroatoms. The largest absolute Gasteiger partial charge is 0.357 e. The van der Waals surface area contributed by atoms with Gasteiger partial charge in [0, 0.05) is 23.4 Å². The highest BCUT2D eigenvalue weighted by molar-refractivity contribution is 14.0. The van der Waals surface area contributed by atoms with Crippen molar-refractivity contribution in [2.75, 3.05) is 13.1 Å². The number of thiazole rings is 1. The lowest BCUT2D eigenvalue weighted by Crippen LogP contribution is -2.48. The predicted molar refractivity (Wildman–Crippen MR) is 117 cm³/mol. The van der Waals surface area contributed by atoms with Crippen LogP contribution in [0.4, 0.5) is 0 Å². The van der Waals surface area contributed by atoms with Crippen molar-refractivity contribution in [2.24, 2.45) is 4.99 Å². The number of benzene rings is 1. The third-order valence-electron chi connectivity index (χ3n) is 4.86. The summed E-state index contributed by atoms with van der Waals surface area (Å²) in [5.74, 6) is 0.896. The summed E-state index contributed by atoms with van der Waals surface area (Å²) >= 11 is 1.67. The van der Waals surface area contributed by atoms with Gasteiger partial charge in [-0.3, -0.25) is 0 Å². The third kappa shape index (κ3) is 4.94. The molecule has 0 atom stereocenters. The molecule has 0 radical (unpaired) electrons. The highest BCUT2D eigenvalue weighted by Crippen LogP contribution is 2.43. The Balaban J connectivity index is 0.00000225. The Morgan fingerprint density at radius 2 is 2.00 bits per heavy atom. The fourth-order valence-corrected chi connectivity index (χ4v) is 3.89. The molecule has 0 unspecified atom stereocenters. The molecule has 1 saturated carbocycles. The van der Waals surface area contributed by atoms with E-state index in [1.54, 1.807) is 11.3 Å². The Bertz CT molecular complexity index is 680. The maximum absolute atomic E-state index is 4.74. The molecule has 0 saturated heterocycles. The standard InChI is InChI=1S/C19H26N4S.HI/c1-3-20-18(21-12-17-15(2)23-14-24-17)22-13-19(10-7-11-19)16-8-5-4-6-9-16;/h4-6,8-9,14H,3,7,10-13H2,1-2H3,(H2,20,21,22);1H. The molecule has 3 rings (SSSR count). The first-order chi connectivity index (χ1) is 11.7. The number of aromatic nitrogens is 1. The summed E-state index contributed by atoms with van der Waals surface area (Å²) < 4.78 is 0. The van der Waals surface area contributed by atoms with E-state index in [-0.39, 0.29) is 29.4 Å². The van der Waals surface area contributed by atoms with E-state index in [1.807, 2.05) is 12.4 Å².